The number of ether oxygens (including phenoxy) is 1. The zero-order valence-electron chi connectivity index (χ0n) is 13.8. The molecule has 1 heterocycles. The van der Waals surface area contributed by atoms with Crippen LogP contribution in [0, 0.1) is 20.8 Å². The monoisotopic (exact) mass is 287 g/mol. The molecule has 0 radical (unpaired) electrons. The van der Waals surface area contributed by atoms with E-state index < -0.39 is 0 Å². The molecule has 2 rings (SSSR count). The number of nitrogens with one attached hydrogen (secondary N) is 1. The van der Waals surface area contributed by atoms with Gasteiger partial charge in [-0.15, -0.1) is 0 Å². The van der Waals surface area contributed by atoms with E-state index in [0.29, 0.717) is 6.04 Å². The molecule has 0 fully saturated rings. The van der Waals surface area contributed by atoms with E-state index in [1.54, 1.807) is 0 Å². The molecule has 0 amide bonds. The van der Waals surface area contributed by atoms with Gasteiger partial charge in [0.1, 0.15) is 11.4 Å². The third-order valence-corrected chi connectivity index (χ3v) is 3.62. The van der Waals surface area contributed by atoms with E-state index in [1.807, 2.05) is 25.6 Å². The largest absolute Gasteiger partial charge is 0.453 e. The Bertz CT molecular complexity index is 629. The molecule has 1 aromatic carbocycles. The molecular formula is C17H25N3O. The van der Waals surface area contributed by atoms with E-state index in [2.05, 4.69) is 49.4 Å². The van der Waals surface area contributed by atoms with Crippen molar-refractivity contribution >= 4 is 0 Å². The van der Waals surface area contributed by atoms with E-state index in [0.717, 1.165) is 35.0 Å². The minimum Gasteiger partial charge on any atom is -0.453 e. The molecule has 4 nitrogen and oxygen atoms in total. The Kier molecular flexibility index (Phi) is 4.68. The molecule has 0 aliphatic carbocycles. The molecular weight excluding hydrogens is 262 g/mol. The third-order valence-electron chi connectivity index (χ3n) is 3.62. The molecule has 21 heavy (non-hydrogen) atoms. The zero-order valence-corrected chi connectivity index (χ0v) is 13.8. The van der Waals surface area contributed by atoms with E-state index >= 15 is 0 Å². The summed E-state index contributed by atoms with van der Waals surface area (Å²) in [5.74, 6) is 1.76. The Labute approximate surface area is 127 Å². The van der Waals surface area contributed by atoms with E-state index in [-0.39, 0.29) is 0 Å². The van der Waals surface area contributed by atoms with Gasteiger partial charge in [-0.3, -0.25) is 4.68 Å². The smallest absolute Gasteiger partial charge is 0.171 e. The molecule has 1 N–H and O–H groups in total. The van der Waals surface area contributed by atoms with Crippen LogP contribution in [0.4, 0.5) is 0 Å². The number of rotatable bonds is 5. The SMILES string of the molecule is Cc1ccc(CNC(C)C)cc1Oc1c(C)nn(C)c1C. The first kappa shape index (κ1) is 15.6. The van der Waals surface area contributed by atoms with Gasteiger partial charge in [0.2, 0.25) is 0 Å². The molecule has 0 bridgehead atoms. The van der Waals surface area contributed by atoms with Gasteiger partial charge in [-0.2, -0.15) is 5.10 Å². The highest BCUT2D eigenvalue weighted by Crippen LogP contribution is 2.30. The number of benzene rings is 1. The second-order valence-electron chi connectivity index (χ2n) is 5.86. The normalized spacial score (nSPS) is 11.2. The fourth-order valence-corrected chi connectivity index (χ4v) is 2.20. The Morgan fingerprint density at radius 2 is 1.95 bits per heavy atom. The topological polar surface area (TPSA) is 39.1 Å². The summed E-state index contributed by atoms with van der Waals surface area (Å²) in [6.45, 7) is 11.2. The quantitative estimate of drug-likeness (QED) is 0.912. The number of aryl methyl sites for hydroxylation is 3. The molecule has 0 atom stereocenters. The summed E-state index contributed by atoms with van der Waals surface area (Å²) >= 11 is 0. The summed E-state index contributed by atoms with van der Waals surface area (Å²) < 4.78 is 7.98. The van der Waals surface area contributed by atoms with Crippen LogP contribution in [0.3, 0.4) is 0 Å². The minimum absolute atomic E-state index is 0.471. The number of aromatic nitrogens is 2. The Morgan fingerprint density at radius 3 is 2.52 bits per heavy atom. The van der Waals surface area contributed by atoms with Crippen molar-refractivity contribution in [1.82, 2.24) is 15.1 Å². The van der Waals surface area contributed by atoms with Crippen LogP contribution < -0.4 is 10.1 Å². The lowest BCUT2D eigenvalue weighted by Gasteiger charge is -2.13. The fraction of sp³-hybridized carbons (Fsp3) is 0.471. The van der Waals surface area contributed by atoms with Gasteiger partial charge in [-0.1, -0.05) is 26.0 Å². The first-order valence-corrected chi connectivity index (χ1v) is 7.39. The summed E-state index contributed by atoms with van der Waals surface area (Å²) in [6.07, 6.45) is 0. The van der Waals surface area contributed by atoms with Crippen LogP contribution in [0.5, 0.6) is 11.5 Å². The van der Waals surface area contributed by atoms with Crippen molar-refractivity contribution in [3.8, 4) is 11.5 Å². The van der Waals surface area contributed by atoms with E-state index in [4.69, 9.17) is 4.74 Å². The summed E-state index contributed by atoms with van der Waals surface area (Å²) in [5, 5.41) is 7.82. The van der Waals surface area contributed by atoms with Crippen LogP contribution >= 0.6 is 0 Å². The van der Waals surface area contributed by atoms with Crippen molar-refractivity contribution in [2.24, 2.45) is 7.05 Å². The lowest BCUT2D eigenvalue weighted by atomic mass is 10.1. The second-order valence-corrected chi connectivity index (χ2v) is 5.86. The van der Waals surface area contributed by atoms with Gasteiger partial charge < -0.3 is 10.1 Å². The maximum absolute atomic E-state index is 6.13. The molecule has 4 heteroatoms. The minimum atomic E-state index is 0.471. The number of hydrogen-bond donors (Lipinski definition) is 1. The predicted molar refractivity (Wildman–Crippen MR) is 85.9 cm³/mol. The highest BCUT2D eigenvalue weighted by molar-refractivity contribution is 5.42. The Morgan fingerprint density at radius 1 is 1.24 bits per heavy atom. The van der Waals surface area contributed by atoms with Crippen molar-refractivity contribution in [3.05, 3.63) is 40.7 Å². The lowest BCUT2D eigenvalue weighted by Crippen LogP contribution is -2.21. The fourth-order valence-electron chi connectivity index (χ4n) is 2.20. The van der Waals surface area contributed by atoms with Gasteiger partial charge in [0.25, 0.3) is 0 Å². The maximum Gasteiger partial charge on any atom is 0.171 e. The van der Waals surface area contributed by atoms with Crippen LogP contribution in [-0.4, -0.2) is 15.8 Å². The molecule has 0 unspecified atom stereocenters. The Balaban J connectivity index is 2.24. The van der Waals surface area contributed by atoms with Crippen molar-refractivity contribution in [3.63, 3.8) is 0 Å². The average molecular weight is 287 g/mol. The standard InChI is InChI=1S/C17H25N3O/c1-11(2)18-10-15-8-7-12(3)16(9-15)21-17-13(4)19-20(6)14(17)5/h7-9,11,18H,10H2,1-6H3. The van der Waals surface area contributed by atoms with Gasteiger partial charge in [0.15, 0.2) is 5.75 Å². The summed E-state index contributed by atoms with van der Waals surface area (Å²) in [5.41, 5.74) is 4.31. The molecule has 1 aromatic heterocycles. The second kappa shape index (κ2) is 6.31. The predicted octanol–water partition coefficient (Wildman–Crippen LogP) is 3.64. The molecule has 0 aliphatic rings. The molecule has 0 saturated carbocycles. The van der Waals surface area contributed by atoms with Crippen LogP contribution in [0.2, 0.25) is 0 Å². The molecule has 0 aliphatic heterocycles. The average Bonchev–Trinajstić information content (AvgIpc) is 2.66. The molecule has 114 valence electrons. The van der Waals surface area contributed by atoms with Crippen LogP contribution in [0.1, 0.15) is 36.4 Å². The summed E-state index contributed by atoms with van der Waals surface area (Å²) in [6, 6.07) is 6.82. The van der Waals surface area contributed by atoms with Gasteiger partial charge in [0, 0.05) is 19.6 Å². The van der Waals surface area contributed by atoms with Crippen LogP contribution in [0.25, 0.3) is 0 Å². The first-order valence-electron chi connectivity index (χ1n) is 7.39. The highest BCUT2D eigenvalue weighted by Gasteiger charge is 2.13. The summed E-state index contributed by atoms with van der Waals surface area (Å²) in [4.78, 5) is 0. The lowest BCUT2D eigenvalue weighted by molar-refractivity contribution is 0.469. The Hall–Kier alpha value is -1.81. The van der Waals surface area contributed by atoms with Crippen molar-refractivity contribution < 1.29 is 4.74 Å². The van der Waals surface area contributed by atoms with Crippen molar-refractivity contribution in [2.45, 2.75) is 47.2 Å². The van der Waals surface area contributed by atoms with Crippen molar-refractivity contribution in [1.29, 1.82) is 0 Å². The van der Waals surface area contributed by atoms with Gasteiger partial charge in [0.05, 0.1) is 5.69 Å². The van der Waals surface area contributed by atoms with E-state index in [1.165, 1.54) is 5.56 Å². The molecule has 0 spiro atoms. The molecule has 0 saturated heterocycles. The van der Waals surface area contributed by atoms with Crippen molar-refractivity contribution in [2.75, 3.05) is 0 Å². The molecule has 2 aromatic rings. The van der Waals surface area contributed by atoms with Gasteiger partial charge in [-0.25, -0.2) is 0 Å². The number of nitrogens with zero attached hydrogens (tertiary/aromatic N) is 2. The van der Waals surface area contributed by atoms with Gasteiger partial charge >= 0.3 is 0 Å². The highest BCUT2D eigenvalue weighted by atomic mass is 16.5. The zero-order chi connectivity index (χ0) is 15.6. The maximum atomic E-state index is 6.13. The van der Waals surface area contributed by atoms with Gasteiger partial charge in [-0.05, 0) is 38.0 Å². The summed E-state index contributed by atoms with van der Waals surface area (Å²) in [7, 11) is 1.94. The van der Waals surface area contributed by atoms with E-state index in [9.17, 15) is 0 Å². The third kappa shape index (κ3) is 3.64. The van der Waals surface area contributed by atoms with Crippen LogP contribution in [0.15, 0.2) is 18.2 Å². The van der Waals surface area contributed by atoms with Crippen LogP contribution in [-0.2, 0) is 13.6 Å². The number of hydrogen-bond acceptors (Lipinski definition) is 3. The first-order chi connectivity index (χ1) is 9.88.